The van der Waals surface area contributed by atoms with Crippen LogP contribution >= 0.6 is 11.6 Å². The zero-order valence-corrected chi connectivity index (χ0v) is 11.0. The van der Waals surface area contributed by atoms with E-state index in [0.29, 0.717) is 25.2 Å². The van der Waals surface area contributed by atoms with Crippen molar-refractivity contribution in [2.75, 3.05) is 18.2 Å². The lowest BCUT2D eigenvalue weighted by Gasteiger charge is -2.19. The van der Waals surface area contributed by atoms with Crippen LogP contribution in [0, 0.1) is 0 Å². The summed E-state index contributed by atoms with van der Waals surface area (Å²) in [5.41, 5.74) is 0.597. The van der Waals surface area contributed by atoms with Crippen LogP contribution in [0.5, 0.6) is 0 Å². The fraction of sp³-hybridized carbons (Fsp3) is 0.308. The molecule has 2 aliphatic rings. The first kappa shape index (κ1) is 13.3. The van der Waals surface area contributed by atoms with E-state index >= 15 is 0 Å². The molecule has 2 aliphatic heterocycles. The Balaban J connectivity index is 1.83. The first-order valence-corrected chi connectivity index (χ1v) is 6.37. The van der Waals surface area contributed by atoms with Gasteiger partial charge in [0.15, 0.2) is 0 Å². The smallest absolute Gasteiger partial charge is 0.383 e. The number of dihydropyridines is 1. The molecule has 0 bridgehead atoms. The summed E-state index contributed by atoms with van der Waals surface area (Å²) in [6.45, 7) is 1.13. The SMILES string of the molecule is FC(F)(F)c1ccc(N2CC3=C(CCN=C3)O2)cc1Cl. The number of hydrogen-bond acceptors (Lipinski definition) is 3. The Bertz CT molecular complexity index is 610. The molecule has 106 valence electrons. The number of alkyl halides is 3. The van der Waals surface area contributed by atoms with Gasteiger partial charge in [-0.1, -0.05) is 11.6 Å². The summed E-state index contributed by atoms with van der Waals surface area (Å²) in [7, 11) is 0. The van der Waals surface area contributed by atoms with Crippen LogP contribution in [0.3, 0.4) is 0 Å². The van der Waals surface area contributed by atoms with Crippen molar-refractivity contribution in [1.82, 2.24) is 0 Å². The van der Waals surface area contributed by atoms with Crippen LogP contribution in [-0.2, 0) is 11.0 Å². The van der Waals surface area contributed by atoms with Gasteiger partial charge in [-0.3, -0.25) is 4.99 Å². The molecule has 3 rings (SSSR count). The number of hydroxylamine groups is 1. The predicted octanol–water partition coefficient (Wildman–Crippen LogP) is 3.84. The van der Waals surface area contributed by atoms with Crippen molar-refractivity contribution in [1.29, 1.82) is 0 Å². The van der Waals surface area contributed by atoms with E-state index in [0.717, 1.165) is 17.4 Å². The molecule has 3 nitrogen and oxygen atoms in total. The molecule has 0 unspecified atom stereocenters. The van der Waals surface area contributed by atoms with Crippen LogP contribution in [0.2, 0.25) is 5.02 Å². The van der Waals surface area contributed by atoms with Crippen molar-refractivity contribution < 1.29 is 18.0 Å². The Morgan fingerprint density at radius 2 is 2.10 bits per heavy atom. The third-order valence-corrected chi connectivity index (χ3v) is 3.47. The van der Waals surface area contributed by atoms with Crippen LogP contribution in [0.25, 0.3) is 0 Å². The van der Waals surface area contributed by atoms with Crippen LogP contribution in [0.15, 0.2) is 34.5 Å². The third kappa shape index (κ3) is 2.35. The highest BCUT2D eigenvalue weighted by molar-refractivity contribution is 6.31. The summed E-state index contributed by atoms with van der Waals surface area (Å²) >= 11 is 5.70. The summed E-state index contributed by atoms with van der Waals surface area (Å²) in [5.74, 6) is 0.816. The molecule has 7 heteroatoms. The van der Waals surface area contributed by atoms with Crippen molar-refractivity contribution >= 4 is 23.5 Å². The van der Waals surface area contributed by atoms with Crippen LogP contribution in [0.4, 0.5) is 18.9 Å². The highest BCUT2D eigenvalue weighted by Gasteiger charge is 2.34. The van der Waals surface area contributed by atoms with Gasteiger partial charge in [-0.2, -0.15) is 13.2 Å². The third-order valence-electron chi connectivity index (χ3n) is 3.15. The number of aliphatic imine (C=N–C) groups is 1. The van der Waals surface area contributed by atoms with E-state index in [9.17, 15) is 13.2 Å². The molecule has 0 aliphatic carbocycles. The Hall–Kier alpha value is -1.69. The van der Waals surface area contributed by atoms with Crippen molar-refractivity contribution in [3.05, 3.63) is 40.1 Å². The minimum absolute atomic E-state index is 0.336. The van der Waals surface area contributed by atoms with E-state index in [-0.39, 0.29) is 5.02 Å². The normalized spacial score (nSPS) is 18.3. The summed E-state index contributed by atoms with van der Waals surface area (Å²) in [4.78, 5) is 9.76. The number of halogens is 4. The Labute approximate surface area is 118 Å². The zero-order valence-electron chi connectivity index (χ0n) is 10.2. The van der Waals surface area contributed by atoms with Crippen molar-refractivity contribution in [2.24, 2.45) is 4.99 Å². The van der Waals surface area contributed by atoms with Gasteiger partial charge in [-0.05, 0) is 18.2 Å². The van der Waals surface area contributed by atoms with Gasteiger partial charge in [0.25, 0.3) is 0 Å². The lowest BCUT2D eigenvalue weighted by atomic mass is 10.1. The van der Waals surface area contributed by atoms with Crippen molar-refractivity contribution in [2.45, 2.75) is 12.6 Å². The van der Waals surface area contributed by atoms with Crippen LogP contribution in [0.1, 0.15) is 12.0 Å². The number of anilines is 1. The van der Waals surface area contributed by atoms with Crippen LogP contribution < -0.4 is 5.06 Å². The number of nitrogens with zero attached hydrogens (tertiary/aromatic N) is 2. The van der Waals surface area contributed by atoms with E-state index in [1.165, 1.54) is 17.2 Å². The Morgan fingerprint density at radius 3 is 2.75 bits per heavy atom. The standard InChI is InChI=1S/C13H10ClF3N2O/c14-11-5-9(1-2-10(11)13(15,16)17)19-7-8-6-18-4-3-12(8)20-19/h1-2,5-6H,3-4,7H2. The molecule has 0 aromatic heterocycles. The van der Waals surface area contributed by atoms with Gasteiger partial charge in [-0.25, -0.2) is 5.06 Å². The average Bonchev–Trinajstić information content (AvgIpc) is 2.80. The first-order chi connectivity index (χ1) is 9.45. The second kappa shape index (κ2) is 4.70. The molecule has 0 saturated heterocycles. The highest BCUT2D eigenvalue weighted by Crippen LogP contribution is 2.37. The summed E-state index contributed by atoms with van der Waals surface area (Å²) in [5, 5.41) is 1.19. The maximum absolute atomic E-state index is 12.6. The molecule has 0 spiro atoms. The maximum atomic E-state index is 12.6. The summed E-state index contributed by atoms with van der Waals surface area (Å²) in [6, 6.07) is 3.58. The molecule has 1 aromatic carbocycles. The molecule has 0 atom stereocenters. The molecule has 1 aromatic rings. The molecular weight excluding hydrogens is 293 g/mol. The first-order valence-electron chi connectivity index (χ1n) is 5.99. The van der Waals surface area contributed by atoms with Gasteiger partial charge in [0.2, 0.25) is 0 Å². The quantitative estimate of drug-likeness (QED) is 0.787. The number of benzene rings is 1. The van der Waals surface area contributed by atoms with Crippen molar-refractivity contribution in [3.8, 4) is 0 Å². The lowest BCUT2D eigenvalue weighted by molar-refractivity contribution is -0.137. The van der Waals surface area contributed by atoms with E-state index in [1.54, 1.807) is 6.21 Å². The Morgan fingerprint density at radius 1 is 1.30 bits per heavy atom. The topological polar surface area (TPSA) is 24.8 Å². The molecule has 0 N–H and O–H groups in total. The minimum atomic E-state index is -4.45. The summed E-state index contributed by atoms with van der Waals surface area (Å²) in [6.07, 6.45) is -2.01. The van der Waals surface area contributed by atoms with Gasteiger partial charge < -0.3 is 4.84 Å². The average molecular weight is 303 g/mol. The largest absolute Gasteiger partial charge is 0.417 e. The zero-order chi connectivity index (χ0) is 14.3. The fourth-order valence-electron chi connectivity index (χ4n) is 2.16. The molecule has 20 heavy (non-hydrogen) atoms. The van der Waals surface area contributed by atoms with Crippen molar-refractivity contribution in [3.63, 3.8) is 0 Å². The van der Waals surface area contributed by atoms with Crippen LogP contribution in [-0.4, -0.2) is 19.3 Å². The molecule has 2 heterocycles. The van der Waals surface area contributed by atoms with Gasteiger partial charge in [0, 0.05) is 24.8 Å². The molecular formula is C13H10ClF3N2O. The molecule has 0 saturated carbocycles. The lowest BCUT2D eigenvalue weighted by Crippen LogP contribution is -2.19. The monoisotopic (exact) mass is 302 g/mol. The maximum Gasteiger partial charge on any atom is 0.417 e. The molecule has 0 radical (unpaired) electrons. The van der Waals surface area contributed by atoms with Gasteiger partial charge in [0.05, 0.1) is 22.8 Å². The van der Waals surface area contributed by atoms with Gasteiger partial charge >= 0.3 is 6.18 Å². The number of hydrogen-bond donors (Lipinski definition) is 0. The highest BCUT2D eigenvalue weighted by atomic mass is 35.5. The Kier molecular flexibility index (Phi) is 3.12. The predicted molar refractivity (Wildman–Crippen MR) is 69.9 cm³/mol. The second-order valence-corrected chi connectivity index (χ2v) is 4.93. The fourth-order valence-corrected chi connectivity index (χ4v) is 2.44. The van der Waals surface area contributed by atoms with E-state index in [2.05, 4.69) is 4.99 Å². The van der Waals surface area contributed by atoms with Gasteiger partial charge in [0.1, 0.15) is 5.76 Å². The second-order valence-electron chi connectivity index (χ2n) is 4.52. The van der Waals surface area contributed by atoms with E-state index in [1.807, 2.05) is 0 Å². The van der Waals surface area contributed by atoms with Gasteiger partial charge in [-0.15, -0.1) is 0 Å². The molecule has 0 fully saturated rings. The minimum Gasteiger partial charge on any atom is -0.383 e. The van der Waals surface area contributed by atoms with E-state index < -0.39 is 11.7 Å². The number of rotatable bonds is 1. The van der Waals surface area contributed by atoms with E-state index in [4.69, 9.17) is 16.4 Å². The summed E-state index contributed by atoms with van der Waals surface area (Å²) < 4.78 is 37.9. The molecule has 0 amide bonds.